The fraction of sp³-hybridized carbons (Fsp3) is 1.00. The molecule has 19 heavy (non-hydrogen) atoms. The average molecular weight is 269 g/mol. The zero-order valence-electron chi connectivity index (χ0n) is 13.8. The fourth-order valence-corrected chi connectivity index (χ4v) is 3.31. The van der Waals surface area contributed by atoms with E-state index in [0.717, 1.165) is 30.9 Å². The first-order chi connectivity index (χ1) is 8.99. The highest BCUT2D eigenvalue weighted by atomic mass is 16.5. The maximum Gasteiger partial charge on any atom is 0.0806 e. The Bertz CT molecular complexity index is 229. The molecule has 0 radical (unpaired) electrons. The molecule has 0 atom stereocenters. The number of rotatable bonds is 8. The van der Waals surface area contributed by atoms with Crippen molar-refractivity contribution in [2.75, 3.05) is 20.2 Å². The summed E-state index contributed by atoms with van der Waals surface area (Å²) >= 11 is 0. The molecule has 2 heteroatoms. The minimum atomic E-state index is 0.122. The molecular weight excluding hydrogens is 234 g/mol. The Labute approximate surface area is 120 Å². The fourth-order valence-electron chi connectivity index (χ4n) is 3.31. The van der Waals surface area contributed by atoms with Crippen LogP contribution in [-0.4, -0.2) is 25.8 Å². The lowest BCUT2D eigenvalue weighted by atomic mass is 9.74. The molecule has 0 unspecified atom stereocenters. The Balaban J connectivity index is 2.38. The summed E-state index contributed by atoms with van der Waals surface area (Å²) in [5, 5.41) is 3.35. The van der Waals surface area contributed by atoms with Crippen molar-refractivity contribution in [3.05, 3.63) is 0 Å². The van der Waals surface area contributed by atoms with E-state index < -0.39 is 0 Å². The number of hydrogen-bond acceptors (Lipinski definition) is 2. The van der Waals surface area contributed by atoms with Crippen LogP contribution in [0.15, 0.2) is 0 Å². The van der Waals surface area contributed by atoms with Crippen LogP contribution in [0.4, 0.5) is 0 Å². The van der Waals surface area contributed by atoms with Gasteiger partial charge < -0.3 is 10.1 Å². The van der Waals surface area contributed by atoms with Gasteiger partial charge in [0.05, 0.1) is 5.60 Å². The van der Waals surface area contributed by atoms with Crippen molar-refractivity contribution in [1.29, 1.82) is 0 Å². The van der Waals surface area contributed by atoms with Gasteiger partial charge in [0.25, 0.3) is 0 Å². The van der Waals surface area contributed by atoms with Crippen molar-refractivity contribution in [1.82, 2.24) is 5.32 Å². The Kier molecular flexibility index (Phi) is 7.38. The van der Waals surface area contributed by atoms with Gasteiger partial charge in [0.2, 0.25) is 0 Å². The van der Waals surface area contributed by atoms with Crippen LogP contribution in [0.1, 0.15) is 66.2 Å². The predicted octanol–water partition coefficient (Wildman–Crippen LogP) is 4.24. The third kappa shape index (κ3) is 5.83. The van der Waals surface area contributed by atoms with Crippen LogP contribution in [0.25, 0.3) is 0 Å². The molecular formula is C17H35NO. The molecule has 0 aromatic carbocycles. The van der Waals surface area contributed by atoms with Gasteiger partial charge in [-0.1, -0.05) is 27.7 Å². The predicted molar refractivity (Wildman–Crippen MR) is 83.5 cm³/mol. The van der Waals surface area contributed by atoms with Gasteiger partial charge in [-0.2, -0.15) is 0 Å². The average Bonchev–Trinajstić information content (AvgIpc) is 2.35. The SMILES string of the molecule is CNCC1(OCCCC(C)C)CCC(C(C)C)CC1. The topological polar surface area (TPSA) is 21.3 Å². The van der Waals surface area contributed by atoms with Crippen LogP contribution in [0.5, 0.6) is 0 Å². The van der Waals surface area contributed by atoms with Crippen molar-refractivity contribution >= 4 is 0 Å². The molecule has 1 aliphatic rings. The van der Waals surface area contributed by atoms with Crippen molar-refractivity contribution in [2.45, 2.75) is 71.8 Å². The molecule has 1 saturated carbocycles. The first-order valence-corrected chi connectivity index (χ1v) is 8.27. The number of hydrogen-bond donors (Lipinski definition) is 1. The molecule has 1 N–H and O–H groups in total. The highest BCUT2D eigenvalue weighted by Gasteiger charge is 2.36. The molecule has 0 bridgehead atoms. The Hall–Kier alpha value is -0.0800. The quantitative estimate of drug-likeness (QED) is 0.665. The van der Waals surface area contributed by atoms with Crippen molar-refractivity contribution < 1.29 is 4.74 Å². The van der Waals surface area contributed by atoms with E-state index in [0.29, 0.717) is 0 Å². The standard InChI is InChI=1S/C17H35NO/c1-14(2)7-6-12-19-17(13-18-5)10-8-16(9-11-17)15(3)4/h14-16,18H,6-13H2,1-5H3. The minimum absolute atomic E-state index is 0.122. The summed E-state index contributed by atoms with van der Waals surface area (Å²) in [4.78, 5) is 0. The largest absolute Gasteiger partial charge is 0.374 e. The van der Waals surface area contributed by atoms with E-state index >= 15 is 0 Å². The van der Waals surface area contributed by atoms with E-state index in [9.17, 15) is 0 Å². The minimum Gasteiger partial charge on any atom is -0.374 e. The second kappa shape index (κ2) is 8.26. The van der Waals surface area contributed by atoms with E-state index in [1.165, 1.54) is 38.5 Å². The molecule has 2 nitrogen and oxygen atoms in total. The van der Waals surface area contributed by atoms with Crippen LogP contribution in [0.3, 0.4) is 0 Å². The normalized spacial score (nSPS) is 28.3. The van der Waals surface area contributed by atoms with Gasteiger partial charge in [-0.15, -0.1) is 0 Å². The van der Waals surface area contributed by atoms with E-state index in [1.54, 1.807) is 0 Å². The Morgan fingerprint density at radius 3 is 2.26 bits per heavy atom. The molecule has 1 rings (SSSR count). The van der Waals surface area contributed by atoms with Gasteiger partial charge in [-0.25, -0.2) is 0 Å². The number of nitrogens with one attached hydrogen (secondary N) is 1. The molecule has 1 fully saturated rings. The second-order valence-electron chi connectivity index (χ2n) is 7.18. The molecule has 0 spiro atoms. The number of ether oxygens (including phenoxy) is 1. The molecule has 114 valence electrons. The van der Waals surface area contributed by atoms with Gasteiger partial charge in [0.15, 0.2) is 0 Å². The zero-order valence-corrected chi connectivity index (χ0v) is 13.8. The summed E-state index contributed by atoms with van der Waals surface area (Å²) in [5.74, 6) is 2.53. The monoisotopic (exact) mass is 269 g/mol. The van der Waals surface area contributed by atoms with Crippen molar-refractivity contribution in [3.63, 3.8) is 0 Å². The summed E-state index contributed by atoms with van der Waals surface area (Å²) in [6.07, 6.45) is 7.63. The highest BCUT2D eigenvalue weighted by molar-refractivity contribution is 4.89. The van der Waals surface area contributed by atoms with Gasteiger partial charge in [-0.05, 0) is 63.3 Å². The molecule has 0 amide bonds. The lowest BCUT2D eigenvalue weighted by Crippen LogP contribution is -2.45. The summed E-state index contributed by atoms with van der Waals surface area (Å²) < 4.78 is 6.33. The first kappa shape index (κ1) is 17.0. The van der Waals surface area contributed by atoms with Crippen LogP contribution in [0.2, 0.25) is 0 Å². The third-order valence-corrected chi connectivity index (χ3v) is 4.72. The molecule has 0 aromatic heterocycles. The smallest absolute Gasteiger partial charge is 0.0806 e. The third-order valence-electron chi connectivity index (χ3n) is 4.72. The number of likely N-dealkylation sites (N-methyl/N-ethyl adjacent to an activating group) is 1. The van der Waals surface area contributed by atoms with Gasteiger partial charge in [-0.3, -0.25) is 0 Å². The van der Waals surface area contributed by atoms with Crippen molar-refractivity contribution in [3.8, 4) is 0 Å². The zero-order chi connectivity index (χ0) is 14.3. The first-order valence-electron chi connectivity index (χ1n) is 8.27. The maximum absolute atomic E-state index is 6.33. The lowest BCUT2D eigenvalue weighted by molar-refractivity contribution is -0.0800. The highest BCUT2D eigenvalue weighted by Crippen LogP contribution is 2.37. The summed E-state index contributed by atoms with van der Waals surface area (Å²) in [6, 6.07) is 0. The van der Waals surface area contributed by atoms with Crippen LogP contribution < -0.4 is 5.32 Å². The van der Waals surface area contributed by atoms with Crippen LogP contribution >= 0.6 is 0 Å². The van der Waals surface area contributed by atoms with Crippen LogP contribution in [-0.2, 0) is 4.74 Å². The summed E-state index contributed by atoms with van der Waals surface area (Å²) in [6.45, 7) is 11.2. The van der Waals surface area contributed by atoms with Crippen LogP contribution in [0, 0.1) is 17.8 Å². The van der Waals surface area contributed by atoms with E-state index in [1.807, 2.05) is 7.05 Å². The van der Waals surface area contributed by atoms with E-state index in [-0.39, 0.29) is 5.60 Å². The molecule has 0 aliphatic heterocycles. The molecule has 0 saturated heterocycles. The van der Waals surface area contributed by atoms with E-state index in [4.69, 9.17) is 4.74 Å². The summed E-state index contributed by atoms with van der Waals surface area (Å²) in [7, 11) is 2.05. The Morgan fingerprint density at radius 2 is 1.79 bits per heavy atom. The lowest BCUT2D eigenvalue weighted by Gasteiger charge is -2.41. The second-order valence-corrected chi connectivity index (χ2v) is 7.18. The summed E-state index contributed by atoms with van der Waals surface area (Å²) in [5.41, 5.74) is 0.122. The maximum atomic E-state index is 6.33. The molecule has 0 aromatic rings. The Morgan fingerprint density at radius 1 is 1.16 bits per heavy atom. The van der Waals surface area contributed by atoms with Gasteiger partial charge in [0, 0.05) is 13.2 Å². The molecule has 0 heterocycles. The van der Waals surface area contributed by atoms with E-state index in [2.05, 4.69) is 33.0 Å². The van der Waals surface area contributed by atoms with Gasteiger partial charge >= 0.3 is 0 Å². The van der Waals surface area contributed by atoms with Crippen molar-refractivity contribution in [2.24, 2.45) is 17.8 Å². The molecule has 1 aliphatic carbocycles. The van der Waals surface area contributed by atoms with Gasteiger partial charge in [0.1, 0.15) is 0 Å².